The highest BCUT2D eigenvalue weighted by Gasteiger charge is 2.58. The van der Waals surface area contributed by atoms with Gasteiger partial charge in [-0.05, 0) is 35.1 Å². The Morgan fingerprint density at radius 2 is 1.15 bits per heavy atom. The topological polar surface area (TPSA) is 201 Å². The minimum Gasteiger partial charge on any atom is -0.445 e. The van der Waals surface area contributed by atoms with Gasteiger partial charge in [0.1, 0.15) is 44.2 Å². The number of nitrogens with one attached hydrogen (secondary N) is 4. The number of aliphatic hydroxyl groups excluding tert-OH is 1. The van der Waals surface area contributed by atoms with Crippen LogP contribution in [0.15, 0.2) is 121 Å². The summed E-state index contributed by atoms with van der Waals surface area (Å²) < 4.78 is 41.5. The SMILES string of the molecule is O=C(NC[C@@H]1CCC(NC(=O)OCc2ccccc2)[C@@H](OC2C(O)[C@H]3OC(=O)N[C@@H]3C(OCc3ccccc3)[C@@H]2NC(=O)OCc2ccccc2)O1)OCc1ccccc1. The van der Waals surface area contributed by atoms with Gasteiger partial charge < -0.3 is 59.5 Å². The maximum Gasteiger partial charge on any atom is 0.408 e. The van der Waals surface area contributed by atoms with Crippen LogP contribution in [0.25, 0.3) is 0 Å². The molecule has 16 heteroatoms. The summed E-state index contributed by atoms with van der Waals surface area (Å²) in [4.78, 5) is 52.1. The second-order valence-electron chi connectivity index (χ2n) is 14.6. The predicted molar refractivity (Wildman–Crippen MR) is 213 cm³/mol. The van der Waals surface area contributed by atoms with Gasteiger partial charge in [-0.15, -0.1) is 0 Å². The summed E-state index contributed by atoms with van der Waals surface area (Å²) in [6.45, 7) is 0.103. The number of alkyl carbamates (subject to hydrolysis) is 4. The van der Waals surface area contributed by atoms with Crippen LogP contribution in [-0.4, -0.2) is 91.0 Å². The molecule has 0 spiro atoms. The standard InChI is InChI=1S/C44H48N4O12/c49-36-38(34(47-43(52)57-27-31-19-11-4-12-20-31)37(35-39(36)60-44(53)48-35)54-24-28-13-5-1-6-14-28)59-40-33(46-42(51)56-26-30-17-9-3-10-18-30)22-21-32(58-40)23-45-41(50)55-25-29-15-7-2-8-16-29/h1-20,32-40,49H,21-27H2,(H,45,50)(H,46,51)(H,47,52)(H,48,53)/t32-,33?,34-,35+,36?,37?,38?,39-,40+/m0/s1. The van der Waals surface area contributed by atoms with E-state index in [0.717, 1.165) is 22.3 Å². The third kappa shape index (κ3) is 11.5. The van der Waals surface area contributed by atoms with E-state index in [4.69, 9.17) is 33.2 Å². The first kappa shape index (κ1) is 41.9. The molecule has 1 aliphatic carbocycles. The smallest absolute Gasteiger partial charge is 0.408 e. The number of carbonyl (C=O) groups is 4. The number of hydrogen-bond donors (Lipinski definition) is 5. The quantitative estimate of drug-likeness (QED) is 0.103. The van der Waals surface area contributed by atoms with Gasteiger partial charge in [0.15, 0.2) is 12.4 Å². The van der Waals surface area contributed by atoms with Crippen molar-refractivity contribution in [3.05, 3.63) is 144 Å². The average molecular weight is 825 g/mol. The third-order valence-electron chi connectivity index (χ3n) is 10.3. The van der Waals surface area contributed by atoms with Crippen LogP contribution in [-0.2, 0) is 59.6 Å². The Morgan fingerprint density at radius 3 is 1.70 bits per heavy atom. The Kier molecular flexibility index (Phi) is 14.4. The van der Waals surface area contributed by atoms with Crippen molar-refractivity contribution in [1.29, 1.82) is 0 Å². The van der Waals surface area contributed by atoms with Gasteiger partial charge in [0, 0.05) is 6.54 Å². The lowest BCUT2D eigenvalue weighted by atomic mass is 9.81. The van der Waals surface area contributed by atoms with E-state index in [0.29, 0.717) is 12.8 Å². The van der Waals surface area contributed by atoms with Gasteiger partial charge >= 0.3 is 24.4 Å². The molecule has 0 aromatic heterocycles. The molecule has 0 radical (unpaired) electrons. The summed E-state index contributed by atoms with van der Waals surface area (Å²) in [7, 11) is 0. The number of amides is 4. The molecule has 2 heterocycles. The summed E-state index contributed by atoms with van der Waals surface area (Å²) in [5, 5.41) is 23.0. The van der Waals surface area contributed by atoms with Crippen LogP contribution in [0.2, 0.25) is 0 Å². The Morgan fingerprint density at radius 1 is 0.650 bits per heavy atom. The minimum absolute atomic E-state index is 0.00368. The van der Waals surface area contributed by atoms with Crippen molar-refractivity contribution in [1.82, 2.24) is 21.3 Å². The first-order valence-electron chi connectivity index (χ1n) is 19.8. The number of aliphatic hydroxyl groups is 1. The summed E-state index contributed by atoms with van der Waals surface area (Å²) in [5.74, 6) is 0. The molecule has 7 rings (SSSR count). The van der Waals surface area contributed by atoms with Crippen LogP contribution in [0, 0.1) is 0 Å². The number of fused-ring (bicyclic) bond motifs is 1. The number of ether oxygens (including phenoxy) is 7. The summed E-state index contributed by atoms with van der Waals surface area (Å²) in [6.07, 6.45) is -9.37. The highest BCUT2D eigenvalue weighted by Crippen LogP contribution is 2.34. The van der Waals surface area contributed by atoms with E-state index >= 15 is 0 Å². The third-order valence-corrected chi connectivity index (χ3v) is 10.3. The molecular weight excluding hydrogens is 776 g/mol. The molecular formula is C44H48N4O12. The molecule has 5 N–H and O–H groups in total. The van der Waals surface area contributed by atoms with Crippen molar-refractivity contribution in [2.75, 3.05) is 6.54 Å². The number of benzene rings is 4. The second kappa shape index (κ2) is 20.7. The zero-order valence-electron chi connectivity index (χ0n) is 32.6. The fraction of sp³-hybridized carbons (Fsp3) is 0.364. The van der Waals surface area contributed by atoms with Gasteiger partial charge in [0.2, 0.25) is 0 Å². The van der Waals surface area contributed by atoms with E-state index in [1.165, 1.54) is 0 Å². The summed E-state index contributed by atoms with van der Waals surface area (Å²) in [6, 6.07) is 33.8. The molecule has 4 amide bonds. The van der Waals surface area contributed by atoms with Crippen molar-refractivity contribution in [3.8, 4) is 0 Å². The Hall–Kier alpha value is -6.20. The van der Waals surface area contributed by atoms with Crippen molar-refractivity contribution >= 4 is 24.4 Å². The molecule has 2 aliphatic heterocycles. The van der Waals surface area contributed by atoms with E-state index in [2.05, 4.69) is 21.3 Å². The van der Waals surface area contributed by atoms with E-state index in [-0.39, 0.29) is 33.0 Å². The molecule has 3 fully saturated rings. The van der Waals surface area contributed by atoms with Crippen molar-refractivity contribution < 1.29 is 57.4 Å². The highest BCUT2D eigenvalue weighted by molar-refractivity contribution is 5.71. The van der Waals surface area contributed by atoms with Gasteiger partial charge in [-0.2, -0.15) is 0 Å². The van der Waals surface area contributed by atoms with Crippen LogP contribution in [0.4, 0.5) is 19.2 Å². The van der Waals surface area contributed by atoms with Gasteiger partial charge in [-0.25, -0.2) is 19.2 Å². The molecule has 316 valence electrons. The van der Waals surface area contributed by atoms with E-state index in [1.807, 2.05) is 109 Å². The summed E-state index contributed by atoms with van der Waals surface area (Å²) in [5.41, 5.74) is 3.14. The van der Waals surface area contributed by atoms with Crippen LogP contribution in [0.1, 0.15) is 35.1 Å². The molecule has 2 saturated heterocycles. The van der Waals surface area contributed by atoms with Crippen LogP contribution < -0.4 is 21.3 Å². The zero-order valence-corrected chi connectivity index (χ0v) is 32.6. The maximum absolute atomic E-state index is 13.5. The van der Waals surface area contributed by atoms with Crippen LogP contribution >= 0.6 is 0 Å². The Balaban J connectivity index is 1.11. The van der Waals surface area contributed by atoms with Crippen molar-refractivity contribution in [3.63, 3.8) is 0 Å². The predicted octanol–water partition coefficient (Wildman–Crippen LogP) is 4.83. The first-order valence-corrected chi connectivity index (χ1v) is 19.8. The van der Waals surface area contributed by atoms with Gasteiger partial charge in [-0.3, -0.25) is 0 Å². The summed E-state index contributed by atoms with van der Waals surface area (Å²) >= 11 is 0. The number of rotatable bonds is 15. The molecule has 4 unspecified atom stereocenters. The number of hydrogen-bond acceptors (Lipinski definition) is 12. The van der Waals surface area contributed by atoms with Crippen molar-refractivity contribution in [2.24, 2.45) is 0 Å². The molecule has 4 aromatic rings. The van der Waals surface area contributed by atoms with Crippen LogP contribution in [0.3, 0.4) is 0 Å². The minimum atomic E-state index is -1.54. The van der Waals surface area contributed by atoms with E-state index in [9.17, 15) is 24.3 Å². The van der Waals surface area contributed by atoms with Gasteiger partial charge in [0.25, 0.3) is 0 Å². The van der Waals surface area contributed by atoms with Crippen LogP contribution in [0.5, 0.6) is 0 Å². The van der Waals surface area contributed by atoms with Gasteiger partial charge in [0.05, 0.1) is 24.8 Å². The Labute approximate surface area is 346 Å². The zero-order chi connectivity index (χ0) is 41.7. The lowest BCUT2D eigenvalue weighted by Crippen LogP contribution is -2.71. The fourth-order valence-corrected chi connectivity index (χ4v) is 7.33. The van der Waals surface area contributed by atoms with Gasteiger partial charge in [-0.1, -0.05) is 121 Å². The lowest BCUT2D eigenvalue weighted by Gasteiger charge is -2.47. The lowest BCUT2D eigenvalue weighted by molar-refractivity contribution is -0.265. The van der Waals surface area contributed by atoms with E-state index in [1.54, 1.807) is 12.1 Å². The molecule has 1 saturated carbocycles. The largest absolute Gasteiger partial charge is 0.445 e. The highest BCUT2D eigenvalue weighted by atomic mass is 16.7. The second-order valence-corrected chi connectivity index (χ2v) is 14.6. The monoisotopic (exact) mass is 824 g/mol. The maximum atomic E-state index is 13.5. The Bertz CT molecular complexity index is 2000. The molecule has 60 heavy (non-hydrogen) atoms. The molecule has 3 aliphatic rings. The average Bonchev–Trinajstić information content (AvgIpc) is 3.68. The fourth-order valence-electron chi connectivity index (χ4n) is 7.33. The molecule has 9 atom stereocenters. The van der Waals surface area contributed by atoms with Crippen molar-refractivity contribution in [2.45, 2.75) is 94.2 Å². The van der Waals surface area contributed by atoms with E-state index < -0.39 is 79.3 Å². The first-order chi connectivity index (χ1) is 29.3. The normalized spacial score (nSPS) is 25.7. The molecule has 0 bridgehead atoms. The molecule has 16 nitrogen and oxygen atoms in total. The molecule has 4 aromatic carbocycles. The number of carbonyl (C=O) groups excluding carboxylic acids is 4.